The Bertz CT molecular complexity index is 833. The fourth-order valence-electron chi connectivity index (χ4n) is 2.54. The lowest BCUT2D eigenvalue weighted by atomic mass is 10.1. The second kappa shape index (κ2) is 8.76. The molecule has 1 aromatic heterocycles. The van der Waals surface area contributed by atoms with Gasteiger partial charge in [-0.25, -0.2) is 9.37 Å². The zero-order valence-corrected chi connectivity index (χ0v) is 14.3. The number of nitrogens with one attached hydrogen (secondary N) is 2. The van der Waals surface area contributed by atoms with Gasteiger partial charge in [-0.15, -0.1) is 0 Å². The third kappa shape index (κ3) is 5.41. The molecule has 0 unspecified atom stereocenters. The zero-order valence-electron chi connectivity index (χ0n) is 14.3. The van der Waals surface area contributed by atoms with Crippen LogP contribution in [-0.4, -0.2) is 17.4 Å². The molecular formula is C21H20FN3O. The molecule has 132 valence electrons. The minimum Gasteiger partial charge on any atom is -0.370 e. The van der Waals surface area contributed by atoms with E-state index in [9.17, 15) is 9.18 Å². The van der Waals surface area contributed by atoms with Crippen LogP contribution in [0.2, 0.25) is 0 Å². The van der Waals surface area contributed by atoms with E-state index in [0.717, 1.165) is 24.3 Å². The van der Waals surface area contributed by atoms with Crippen molar-refractivity contribution in [2.45, 2.75) is 12.8 Å². The molecule has 0 aliphatic rings. The van der Waals surface area contributed by atoms with E-state index in [4.69, 9.17) is 0 Å². The Morgan fingerprint density at radius 2 is 1.69 bits per heavy atom. The quantitative estimate of drug-likeness (QED) is 0.676. The maximum absolute atomic E-state index is 12.9. The van der Waals surface area contributed by atoms with Crippen LogP contribution in [-0.2, 0) is 17.6 Å². The molecule has 0 radical (unpaired) electrons. The van der Waals surface area contributed by atoms with E-state index in [2.05, 4.69) is 27.8 Å². The van der Waals surface area contributed by atoms with Gasteiger partial charge in [0.2, 0.25) is 5.91 Å². The lowest BCUT2D eigenvalue weighted by Gasteiger charge is -2.08. The van der Waals surface area contributed by atoms with Gasteiger partial charge in [0.25, 0.3) is 0 Å². The van der Waals surface area contributed by atoms with Crippen molar-refractivity contribution >= 4 is 17.4 Å². The molecule has 1 amide bonds. The van der Waals surface area contributed by atoms with Gasteiger partial charge < -0.3 is 10.6 Å². The summed E-state index contributed by atoms with van der Waals surface area (Å²) in [4.78, 5) is 16.3. The van der Waals surface area contributed by atoms with E-state index in [-0.39, 0.29) is 18.1 Å². The number of hydrogen-bond donors (Lipinski definition) is 2. The number of hydrogen-bond acceptors (Lipinski definition) is 3. The second-order valence-electron chi connectivity index (χ2n) is 5.95. The average molecular weight is 349 g/mol. The number of carbonyl (C=O) groups is 1. The summed E-state index contributed by atoms with van der Waals surface area (Å²) in [7, 11) is 0. The largest absolute Gasteiger partial charge is 0.370 e. The fourth-order valence-corrected chi connectivity index (χ4v) is 2.54. The molecule has 0 aliphatic heterocycles. The standard InChI is InChI=1S/C21H20FN3O/c22-18-8-6-17(7-9-18)14-21(26)25-19-10-11-20(24-15-19)23-13-12-16-4-2-1-3-5-16/h1-11,15H,12-14H2,(H,23,24)(H,25,26). The van der Waals surface area contributed by atoms with Crippen LogP contribution >= 0.6 is 0 Å². The van der Waals surface area contributed by atoms with Gasteiger partial charge in [0.15, 0.2) is 0 Å². The van der Waals surface area contributed by atoms with Crippen molar-refractivity contribution in [3.05, 3.63) is 89.9 Å². The van der Waals surface area contributed by atoms with E-state index in [1.807, 2.05) is 24.3 Å². The summed E-state index contributed by atoms with van der Waals surface area (Å²) in [6.07, 6.45) is 2.73. The van der Waals surface area contributed by atoms with Crippen LogP contribution in [0.5, 0.6) is 0 Å². The third-order valence-corrected chi connectivity index (χ3v) is 3.89. The third-order valence-electron chi connectivity index (χ3n) is 3.89. The highest BCUT2D eigenvalue weighted by Crippen LogP contribution is 2.11. The van der Waals surface area contributed by atoms with Gasteiger partial charge in [0, 0.05) is 6.54 Å². The van der Waals surface area contributed by atoms with Crippen molar-refractivity contribution < 1.29 is 9.18 Å². The lowest BCUT2D eigenvalue weighted by Crippen LogP contribution is -2.14. The maximum Gasteiger partial charge on any atom is 0.228 e. The Kier molecular flexibility index (Phi) is 5.93. The molecule has 0 bridgehead atoms. The summed E-state index contributed by atoms with van der Waals surface area (Å²) in [5.41, 5.74) is 2.66. The Balaban J connectivity index is 1.46. The second-order valence-corrected chi connectivity index (χ2v) is 5.95. The predicted octanol–water partition coefficient (Wildman–Crippen LogP) is 4.06. The topological polar surface area (TPSA) is 54.0 Å². The molecule has 2 aromatic carbocycles. The summed E-state index contributed by atoms with van der Waals surface area (Å²) >= 11 is 0. The summed E-state index contributed by atoms with van der Waals surface area (Å²) in [5, 5.41) is 6.05. The number of aromatic nitrogens is 1. The highest BCUT2D eigenvalue weighted by atomic mass is 19.1. The molecule has 5 heteroatoms. The molecule has 1 heterocycles. The van der Waals surface area contributed by atoms with Crippen molar-refractivity contribution in [3.8, 4) is 0 Å². The molecule has 0 spiro atoms. The highest BCUT2D eigenvalue weighted by Gasteiger charge is 2.05. The molecule has 26 heavy (non-hydrogen) atoms. The van der Waals surface area contributed by atoms with Crippen molar-refractivity contribution in [3.63, 3.8) is 0 Å². The van der Waals surface area contributed by atoms with E-state index in [1.165, 1.54) is 17.7 Å². The van der Waals surface area contributed by atoms with E-state index >= 15 is 0 Å². The van der Waals surface area contributed by atoms with E-state index in [1.54, 1.807) is 24.4 Å². The molecule has 3 aromatic rings. The molecule has 0 aliphatic carbocycles. The van der Waals surface area contributed by atoms with E-state index < -0.39 is 0 Å². The molecule has 3 rings (SSSR count). The number of anilines is 2. The summed E-state index contributed by atoms with van der Waals surface area (Å²) < 4.78 is 12.9. The summed E-state index contributed by atoms with van der Waals surface area (Å²) in [6, 6.07) is 19.8. The van der Waals surface area contributed by atoms with Crippen molar-refractivity contribution in [2.24, 2.45) is 0 Å². The first-order valence-electron chi connectivity index (χ1n) is 8.47. The predicted molar refractivity (Wildman–Crippen MR) is 102 cm³/mol. The Morgan fingerprint density at radius 3 is 2.38 bits per heavy atom. The van der Waals surface area contributed by atoms with Gasteiger partial charge in [0.05, 0.1) is 18.3 Å². The van der Waals surface area contributed by atoms with Crippen molar-refractivity contribution in [2.75, 3.05) is 17.2 Å². The highest BCUT2D eigenvalue weighted by molar-refractivity contribution is 5.92. The van der Waals surface area contributed by atoms with Crippen LogP contribution in [0, 0.1) is 5.82 Å². The number of amides is 1. The molecule has 4 nitrogen and oxygen atoms in total. The van der Waals surface area contributed by atoms with Crippen LogP contribution in [0.15, 0.2) is 72.9 Å². The van der Waals surface area contributed by atoms with Crippen LogP contribution in [0.1, 0.15) is 11.1 Å². The van der Waals surface area contributed by atoms with Gasteiger partial charge in [-0.1, -0.05) is 42.5 Å². The minimum absolute atomic E-state index is 0.164. The van der Waals surface area contributed by atoms with Crippen molar-refractivity contribution in [1.29, 1.82) is 0 Å². The van der Waals surface area contributed by atoms with Crippen LogP contribution < -0.4 is 10.6 Å². The SMILES string of the molecule is O=C(Cc1ccc(F)cc1)Nc1ccc(NCCc2ccccc2)nc1. The number of pyridine rings is 1. The summed E-state index contributed by atoms with van der Waals surface area (Å²) in [6.45, 7) is 0.785. The van der Waals surface area contributed by atoms with Gasteiger partial charge in [-0.3, -0.25) is 4.79 Å². The fraction of sp³-hybridized carbons (Fsp3) is 0.143. The lowest BCUT2D eigenvalue weighted by molar-refractivity contribution is -0.115. The number of halogens is 1. The van der Waals surface area contributed by atoms with Crippen LogP contribution in [0.3, 0.4) is 0 Å². The first-order chi connectivity index (χ1) is 12.7. The number of rotatable bonds is 7. The van der Waals surface area contributed by atoms with Crippen LogP contribution in [0.4, 0.5) is 15.9 Å². The molecule has 0 atom stereocenters. The monoisotopic (exact) mass is 349 g/mol. The Hall–Kier alpha value is -3.21. The van der Waals surface area contributed by atoms with E-state index in [0.29, 0.717) is 5.69 Å². The smallest absolute Gasteiger partial charge is 0.228 e. The van der Waals surface area contributed by atoms with Gasteiger partial charge in [-0.2, -0.15) is 0 Å². The first kappa shape index (κ1) is 17.6. The molecule has 0 fully saturated rings. The summed E-state index contributed by atoms with van der Waals surface area (Å²) in [5.74, 6) is 0.286. The van der Waals surface area contributed by atoms with Crippen LogP contribution in [0.25, 0.3) is 0 Å². The molecule has 2 N–H and O–H groups in total. The van der Waals surface area contributed by atoms with Gasteiger partial charge in [-0.05, 0) is 41.8 Å². The molecule has 0 saturated carbocycles. The zero-order chi connectivity index (χ0) is 18.2. The Labute approximate surface area is 152 Å². The maximum atomic E-state index is 12.9. The van der Waals surface area contributed by atoms with Crippen molar-refractivity contribution in [1.82, 2.24) is 4.98 Å². The normalized spacial score (nSPS) is 10.3. The Morgan fingerprint density at radius 1 is 0.923 bits per heavy atom. The first-order valence-corrected chi connectivity index (χ1v) is 8.47. The number of nitrogens with zero attached hydrogens (tertiary/aromatic N) is 1. The molecular weight excluding hydrogens is 329 g/mol. The van der Waals surface area contributed by atoms with Gasteiger partial charge in [0.1, 0.15) is 11.6 Å². The molecule has 0 saturated heterocycles. The minimum atomic E-state index is -0.311. The number of benzene rings is 2. The van der Waals surface area contributed by atoms with Gasteiger partial charge >= 0.3 is 0 Å². The average Bonchev–Trinajstić information content (AvgIpc) is 2.66. The number of carbonyl (C=O) groups excluding carboxylic acids is 1.